The summed E-state index contributed by atoms with van der Waals surface area (Å²) < 4.78 is 135. The topological polar surface area (TPSA) is 440 Å². The highest BCUT2D eigenvalue weighted by atomic mass is 32.7. The number of halogens is 2. The molecule has 11 heterocycles. The summed E-state index contributed by atoms with van der Waals surface area (Å²) >= 11 is 0.666. The first kappa shape index (κ1) is 84.2. The quantitative estimate of drug-likeness (QED) is 0.0136. The number of pyridine rings is 1. The van der Waals surface area contributed by atoms with E-state index in [1.165, 1.54) is 33.9 Å². The molecular weight excluding hydrogens is 1670 g/mol. The predicted octanol–water partition coefficient (Wildman–Crippen LogP) is 12.1. The van der Waals surface area contributed by atoms with Crippen molar-refractivity contribution in [2.45, 2.75) is 140 Å². The second kappa shape index (κ2) is 35.6. The van der Waals surface area contributed by atoms with Crippen LogP contribution in [0.1, 0.15) is 91.8 Å². The van der Waals surface area contributed by atoms with Gasteiger partial charge in [-0.1, -0.05) is 90.1 Å². The molecule has 2 amide bonds. The number of hydrogen-bond donors (Lipinski definition) is 4. The maximum absolute atomic E-state index is 17.2. The number of nitrogens with zero attached hydrogens (tertiary/aromatic N) is 15. The zero-order chi connectivity index (χ0) is 86.1. The van der Waals surface area contributed by atoms with Crippen LogP contribution >= 0.6 is 25.7 Å². The molecule has 0 spiro atoms. The van der Waals surface area contributed by atoms with Gasteiger partial charge in [-0.2, -0.15) is 0 Å². The van der Waals surface area contributed by atoms with Crippen molar-refractivity contribution in [1.29, 1.82) is 0 Å². The Balaban J connectivity index is 0.492. The van der Waals surface area contributed by atoms with Gasteiger partial charge in [0.15, 0.2) is 53.5 Å². The van der Waals surface area contributed by atoms with E-state index in [9.17, 15) is 28.8 Å². The van der Waals surface area contributed by atoms with E-state index in [4.69, 9.17) is 77.8 Å². The highest BCUT2D eigenvalue weighted by Crippen LogP contribution is 2.65. The first-order valence-corrected chi connectivity index (χ1v) is 44.7. The van der Waals surface area contributed by atoms with Crippen LogP contribution in [-0.4, -0.2) is 174 Å². The molecule has 17 rings (SSSR count). The fourth-order valence-electron chi connectivity index (χ4n) is 15.1. The molecule has 42 heteroatoms. The maximum atomic E-state index is 17.2. The number of nitrogens with two attached hydrogens (primary N) is 2. The first-order valence-electron chi connectivity index (χ1n) is 39.6. The Labute approximate surface area is 709 Å². The fraction of sp³-hybridized carbons (Fsp3) is 0.317. The lowest BCUT2D eigenvalue weighted by molar-refractivity contribution is -0.134. The molecule has 36 nitrogen and oxygen atoms in total. The van der Waals surface area contributed by atoms with Crippen molar-refractivity contribution in [2.24, 2.45) is 0 Å². The minimum absolute atomic E-state index is 0.0117. The number of imidazole rings is 3. The van der Waals surface area contributed by atoms with Crippen molar-refractivity contribution in [3.63, 3.8) is 0 Å². The lowest BCUT2D eigenvalue weighted by Crippen LogP contribution is -2.37. The minimum Gasteiger partial charge on any atom is -0.492 e. The Bertz CT molecular complexity index is 6290. The first-order chi connectivity index (χ1) is 59.9. The number of ether oxygens (including phenoxy) is 7. The largest absolute Gasteiger partial charge is 0.492 e. The molecule has 3 saturated heterocycles. The predicted molar refractivity (Wildman–Crippen MR) is 450 cm³/mol. The van der Waals surface area contributed by atoms with Crippen molar-refractivity contribution in [2.75, 3.05) is 48.1 Å². The zero-order valence-electron chi connectivity index (χ0n) is 67.0. The number of carbonyl (C=O) groups is 4. The van der Waals surface area contributed by atoms with Crippen LogP contribution in [0.3, 0.4) is 0 Å². The molecule has 0 bridgehead atoms. The van der Waals surface area contributed by atoms with Gasteiger partial charge in [0.2, 0.25) is 5.91 Å². The number of nitrogen functional groups attached to an aromatic ring is 2. The number of aliphatic hydroxyl groups is 1. The number of anilines is 4. The molecule has 4 aliphatic heterocycles. The number of nitrogens with one attached hydrogen (secondary N) is 1. The van der Waals surface area contributed by atoms with E-state index in [1.807, 2.05) is 84.3 Å². The number of para-hydroxylation sites is 2. The number of amides is 2. The van der Waals surface area contributed by atoms with Crippen LogP contribution in [0, 0.1) is 0 Å². The SMILES string of the molecule is B[P@]1(=O)OC[C@H]2O[C@@H](n3cnc4c(N)ncnc43)[C@H](F)[C@@H]2O[P@@](=O)(SCc2ccc(OC(=O)c3ccc(OCCn4nnc5c4-c4ccccc4CN(C(=O)CCCCC(=O)Oc4ccc(COC(=O)Nc6nc7ccccc7c7c6nc(COCC)n7CC(C)(C)O)cc4)c4ccccc4-5)cc3)cc2)OC[C@H]2O[C@@H](n3cnc4c(N)ncnc43)[C@H](F)[C@@H]2O1. The number of hydrogen-bond acceptors (Lipinski definition) is 31. The van der Waals surface area contributed by atoms with Crippen LogP contribution in [0.5, 0.6) is 17.2 Å². The van der Waals surface area contributed by atoms with Gasteiger partial charge in [-0.15, -0.1) is 5.10 Å². The number of rotatable bonds is 25. The van der Waals surface area contributed by atoms with Crippen molar-refractivity contribution in [1.82, 2.24) is 68.6 Å². The van der Waals surface area contributed by atoms with Gasteiger partial charge in [0.25, 0.3) is 15.0 Å². The van der Waals surface area contributed by atoms with Gasteiger partial charge >= 0.3 is 24.8 Å². The fourth-order valence-corrected chi connectivity index (χ4v) is 19.6. The molecule has 0 unspecified atom stereocenters. The number of alkyl halides is 2. The van der Waals surface area contributed by atoms with Crippen LogP contribution in [-0.2, 0) is 94.4 Å². The van der Waals surface area contributed by atoms with Gasteiger partial charge in [0.1, 0.15) is 102 Å². The second-order valence-corrected chi connectivity index (χ2v) is 36.3. The molecule has 0 aliphatic carbocycles. The summed E-state index contributed by atoms with van der Waals surface area (Å²) in [6, 6.07) is 41.9. The summed E-state index contributed by atoms with van der Waals surface area (Å²) in [6.07, 6.45) is -8.58. The molecule has 13 aromatic rings. The molecule has 6 aromatic carbocycles. The van der Waals surface area contributed by atoms with E-state index in [2.05, 4.69) is 40.4 Å². The molecule has 7 aromatic heterocycles. The lowest BCUT2D eigenvalue weighted by atomic mass is 9.95. The van der Waals surface area contributed by atoms with Crippen LogP contribution in [0.25, 0.3) is 66.8 Å². The van der Waals surface area contributed by atoms with Gasteiger partial charge in [-0.05, 0) is 122 Å². The molecule has 6 N–H and O–H groups in total. The van der Waals surface area contributed by atoms with Gasteiger partial charge in [-0.3, -0.25) is 37.7 Å². The molecule has 10 atom stereocenters. The van der Waals surface area contributed by atoms with E-state index < -0.39 is 100 Å². The van der Waals surface area contributed by atoms with E-state index in [0.717, 1.165) is 42.4 Å². The number of aromatic nitrogens is 14. The van der Waals surface area contributed by atoms with Gasteiger partial charge in [0.05, 0.1) is 79.1 Å². The minimum atomic E-state index is -4.63. The van der Waals surface area contributed by atoms with E-state index in [1.54, 1.807) is 84.1 Å². The number of esters is 2. The summed E-state index contributed by atoms with van der Waals surface area (Å²) in [4.78, 5) is 90.7. The smallest absolute Gasteiger partial charge is 0.413 e. The lowest BCUT2D eigenvalue weighted by Gasteiger charge is -2.30. The normalized spacial score (nSPS) is 21.5. The van der Waals surface area contributed by atoms with Crippen molar-refractivity contribution < 1.29 is 93.4 Å². The maximum Gasteiger partial charge on any atom is 0.413 e. The average molecular weight is 1750 g/mol. The summed E-state index contributed by atoms with van der Waals surface area (Å²) in [5.74, 6) is 0.253. The van der Waals surface area contributed by atoms with E-state index in [-0.39, 0.29) is 115 Å². The molecule has 3 fully saturated rings. The number of unbranched alkanes of at least 4 members (excludes halogenated alkanes) is 1. The molecule has 0 radical (unpaired) electrons. The number of carbonyl (C=O) groups excluding carboxylic acids is 4. The summed E-state index contributed by atoms with van der Waals surface area (Å²) in [6.45, 7) is 0.641. The molecular formula is C82H81BF2N18O18P2S. The highest BCUT2D eigenvalue weighted by molar-refractivity contribution is 8.54. The summed E-state index contributed by atoms with van der Waals surface area (Å²) in [5, 5.41) is 23.7. The van der Waals surface area contributed by atoms with E-state index in [0.29, 0.717) is 92.8 Å². The van der Waals surface area contributed by atoms with Gasteiger partial charge in [-0.25, -0.2) is 67.5 Å². The number of benzene rings is 6. The molecule has 4 aliphatic rings. The second-order valence-electron chi connectivity index (χ2n) is 30.2. The molecule has 0 saturated carbocycles. The van der Waals surface area contributed by atoms with Crippen LogP contribution < -0.4 is 35.9 Å². The Hall–Kier alpha value is -12.1. The third-order valence-electron chi connectivity index (χ3n) is 21.0. The monoisotopic (exact) mass is 1750 g/mol. The Morgan fingerprint density at radius 2 is 1.31 bits per heavy atom. The zero-order valence-corrected chi connectivity index (χ0v) is 69.6. The Kier molecular flexibility index (Phi) is 24.2. The van der Waals surface area contributed by atoms with E-state index >= 15 is 13.3 Å². The Morgan fingerprint density at radius 3 is 2.01 bits per heavy atom. The Morgan fingerprint density at radius 1 is 0.694 bits per heavy atom. The van der Waals surface area contributed by atoms with Crippen molar-refractivity contribution >= 4 is 125 Å². The summed E-state index contributed by atoms with van der Waals surface area (Å²) in [5.41, 5.74) is 18.8. The third-order valence-corrected chi connectivity index (χ3v) is 25.9. The number of fused-ring (bicyclic) bond motifs is 12. The standard InChI is InChI=1S/C82H81BF2N18O18P2S/c1-4-111-39-60-95-66-69(100(60)41-82(2,3)108)54-15-7-9-17-56(54)94-75(66)96-81(107)113-36-46-21-27-51(28-22-46)116-62(105)20-12-11-19-61(104)99-35-49-13-5-6-14-53(49)70-65(55-16-8-10-18-57(55)99)97-98-103(70)33-34-112-50-31-25-48(26-32-50)80(106)117-52-29-23-47(24-30-52)40-124-123(110)115-38-59-71(63(84)78(119-59)101-44-92-67-73(86)88-42-90-76(67)101)120-122(83,109)114-37-58-72(121-123)64(85)79(118-58)102-45-93-68-74(87)89-43-91-77(68)102/h5-10,13-18,21-32,42-45,58-59,63-64,71-72,78-79,108H,4,11-12,19-20,33-41,83H2,1-3H3,(H2,86,88,90)(H2,87,89,91)(H,94,96,107)/t58-,59-,63-,64-,71-,72-,78-,79-,122+,123+/m1/s1. The summed E-state index contributed by atoms with van der Waals surface area (Å²) in [7, 11) is -3.16. The molecule has 124 heavy (non-hydrogen) atoms. The van der Waals surface area contributed by atoms with Gasteiger partial charge < -0.3 is 68.2 Å². The average Bonchev–Trinajstić information content (AvgIpc) is 1.59. The van der Waals surface area contributed by atoms with Crippen LogP contribution in [0.15, 0.2) is 171 Å². The van der Waals surface area contributed by atoms with Crippen LogP contribution in [0.4, 0.5) is 36.7 Å². The van der Waals surface area contributed by atoms with Crippen molar-refractivity contribution in [3.8, 4) is 39.8 Å². The molecule has 640 valence electrons. The highest BCUT2D eigenvalue weighted by Gasteiger charge is 2.55. The van der Waals surface area contributed by atoms with Crippen LogP contribution in [0.2, 0.25) is 0 Å². The third kappa shape index (κ3) is 18.0. The van der Waals surface area contributed by atoms with Gasteiger partial charge in [0, 0.05) is 41.7 Å². The van der Waals surface area contributed by atoms with Crippen molar-refractivity contribution in [3.05, 3.63) is 199 Å².